The van der Waals surface area contributed by atoms with E-state index in [1.807, 2.05) is 36.4 Å². The van der Waals surface area contributed by atoms with Crippen molar-refractivity contribution in [3.63, 3.8) is 0 Å². The quantitative estimate of drug-likeness (QED) is 0.0428. The molecule has 0 heterocycles. The molecular formula is C56H87BiO13. The Balaban J connectivity index is 0. The van der Waals surface area contributed by atoms with Gasteiger partial charge >= 0.3 is 26.2 Å². The Morgan fingerprint density at radius 1 is 0.400 bits per heavy atom. The molecule has 0 spiro atoms. The van der Waals surface area contributed by atoms with Crippen LogP contribution in [0.5, 0.6) is 17.2 Å². The van der Waals surface area contributed by atoms with Crippen molar-refractivity contribution in [3.8, 4) is 17.2 Å². The van der Waals surface area contributed by atoms with E-state index >= 15 is 0 Å². The molecule has 0 amide bonds. The number of hydrogen-bond donors (Lipinski definition) is 7. The number of rotatable bonds is 25. The van der Waals surface area contributed by atoms with Gasteiger partial charge < -0.3 is 65.4 Å². The second kappa shape index (κ2) is 35.3. The van der Waals surface area contributed by atoms with Crippen LogP contribution in [0.1, 0.15) is 226 Å². The van der Waals surface area contributed by atoms with Crippen LogP contribution in [0.3, 0.4) is 0 Å². The van der Waals surface area contributed by atoms with Crippen molar-refractivity contribution in [1.29, 1.82) is 0 Å². The first kappa shape index (κ1) is 68.3. The van der Waals surface area contributed by atoms with E-state index < -0.39 is 49.8 Å². The first-order valence-electron chi connectivity index (χ1n) is 25.0. The molecule has 0 aliphatic heterocycles. The summed E-state index contributed by atoms with van der Waals surface area (Å²) in [6, 6.07) is 11.7. The van der Waals surface area contributed by atoms with Crippen molar-refractivity contribution in [2.75, 3.05) is 26.4 Å². The van der Waals surface area contributed by atoms with Crippen LogP contribution in [0.2, 0.25) is 0 Å². The summed E-state index contributed by atoms with van der Waals surface area (Å²) in [6.07, 6.45) is 7.07. The van der Waals surface area contributed by atoms with E-state index in [0.29, 0.717) is 36.5 Å². The number of benzene rings is 3. The third kappa shape index (κ3) is 22.3. The number of phenolic OH excluding ortho intramolecular Hbond substituents is 3. The molecule has 3 aromatic carbocycles. The minimum atomic E-state index is -1.11. The number of aliphatic carboxylic acids is 3. The van der Waals surface area contributed by atoms with Gasteiger partial charge in [-0.2, -0.15) is 0 Å². The summed E-state index contributed by atoms with van der Waals surface area (Å²) in [7, 11) is 0. The molecule has 394 valence electrons. The third-order valence-corrected chi connectivity index (χ3v) is 13.7. The molecule has 2 radical (unpaired) electrons. The zero-order valence-electron chi connectivity index (χ0n) is 44.3. The van der Waals surface area contributed by atoms with Gasteiger partial charge in [-0.1, -0.05) is 119 Å². The Kier molecular flexibility index (Phi) is 34.5. The Morgan fingerprint density at radius 2 is 0.557 bits per heavy atom. The predicted molar refractivity (Wildman–Crippen MR) is 273 cm³/mol. The summed E-state index contributed by atoms with van der Waals surface area (Å²) in [5.41, 5.74) is 7.37. The van der Waals surface area contributed by atoms with E-state index in [4.69, 9.17) is 20.4 Å². The Morgan fingerprint density at radius 3 is 0.657 bits per heavy atom. The summed E-state index contributed by atoms with van der Waals surface area (Å²) < 4.78 is 0. The van der Waals surface area contributed by atoms with Gasteiger partial charge in [-0.15, -0.1) is 0 Å². The number of carbonyl (C=O) groups is 3. The van der Waals surface area contributed by atoms with Gasteiger partial charge in [0.25, 0.3) is 0 Å². The van der Waals surface area contributed by atoms with Crippen LogP contribution in [-0.2, 0) is 33.6 Å². The smallest absolute Gasteiger partial charge is 0.550 e. The maximum atomic E-state index is 10.6. The molecular weight excluding hydrogens is 1090 g/mol. The second-order valence-electron chi connectivity index (χ2n) is 19.0. The van der Waals surface area contributed by atoms with E-state index in [1.54, 1.807) is 0 Å². The zero-order chi connectivity index (χ0) is 53.2. The SMILES string of the molecule is CCC(C)c1cc(CCC(=O)[O-])cc(C(C)CC)c1O.CCC(C)c1cc(CCC(=O)[O-])cc(C(C)CC)c1O.CCC(C)c1cc(CCC(=O)[O-])cc(C(C)CC)c1O.OCC(CO)(CO)CO.[Bi+3]. The monoisotopic (exact) mass is 1180 g/mol. The number of aliphatic hydroxyl groups is 4. The molecule has 0 aromatic heterocycles. The summed E-state index contributed by atoms with van der Waals surface area (Å²) in [5, 5.41) is 97.3. The molecule has 14 heteroatoms. The van der Waals surface area contributed by atoms with Crippen LogP contribution >= 0.6 is 0 Å². The molecule has 6 atom stereocenters. The van der Waals surface area contributed by atoms with E-state index in [9.17, 15) is 45.0 Å². The number of carbonyl (C=O) groups excluding carboxylic acids is 3. The normalized spacial score (nSPS) is 13.5. The zero-order valence-corrected chi connectivity index (χ0v) is 47.7. The Hall–Kier alpha value is -3.81. The van der Waals surface area contributed by atoms with Crippen LogP contribution in [0.25, 0.3) is 0 Å². The molecule has 0 aliphatic rings. The van der Waals surface area contributed by atoms with E-state index in [2.05, 4.69) is 83.1 Å². The van der Waals surface area contributed by atoms with E-state index in [1.165, 1.54) is 0 Å². The molecule has 0 saturated carbocycles. The van der Waals surface area contributed by atoms with Crippen molar-refractivity contribution < 1.29 is 65.4 Å². The minimum absolute atomic E-state index is 0. The van der Waals surface area contributed by atoms with Gasteiger partial charge in [0.05, 0.1) is 31.8 Å². The van der Waals surface area contributed by atoms with Gasteiger partial charge in [0, 0.05) is 17.9 Å². The molecule has 13 nitrogen and oxygen atoms in total. The van der Waals surface area contributed by atoms with Gasteiger partial charge in [0.1, 0.15) is 17.2 Å². The number of aryl methyl sites for hydroxylation is 3. The molecule has 70 heavy (non-hydrogen) atoms. The Bertz CT molecular complexity index is 1680. The molecule has 0 bridgehead atoms. The van der Waals surface area contributed by atoms with Crippen LogP contribution in [0.15, 0.2) is 36.4 Å². The average molecular weight is 1180 g/mol. The van der Waals surface area contributed by atoms with Crippen LogP contribution in [-0.4, -0.2) is 106 Å². The largest absolute Gasteiger partial charge is 3.00 e. The van der Waals surface area contributed by atoms with E-state index in [-0.39, 0.29) is 81.0 Å². The van der Waals surface area contributed by atoms with E-state index in [0.717, 1.165) is 88.6 Å². The fourth-order valence-corrected chi connectivity index (χ4v) is 7.28. The number of carboxylic acids is 3. The number of hydrogen-bond acceptors (Lipinski definition) is 13. The van der Waals surface area contributed by atoms with Gasteiger partial charge in [0.2, 0.25) is 0 Å². The second-order valence-corrected chi connectivity index (χ2v) is 19.0. The fourth-order valence-electron chi connectivity index (χ4n) is 7.28. The average Bonchev–Trinajstić information content (AvgIpc) is 3.35. The molecule has 0 fully saturated rings. The minimum Gasteiger partial charge on any atom is -0.550 e. The van der Waals surface area contributed by atoms with Crippen molar-refractivity contribution >= 4 is 44.1 Å². The molecule has 7 N–H and O–H groups in total. The predicted octanol–water partition coefficient (Wildman–Crippen LogP) is 6.87. The van der Waals surface area contributed by atoms with Gasteiger partial charge in [-0.3, -0.25) is 0 Å². The van der Waals surface area contributed by atoms with Crippen LogP contribution in [0.4, 0.5) is 0 Å². The maximum Gasteiger partial charge on any atom is 3.00 e. The maximum absolute atomic E-state index is 10.6. The van der Waals surface area contributed by atoms with Crippen molar-refractivity contribution in [2.45, 2.75) is 196 Å². The van der Waals surface area contributed by atoms with Crippen molar-refractivity contribution in [2.24, 2.45) is 5.41 Å². The first-order valence-corrected chi connectivity index (χ1v) is 25.0. The third-order valence-electron chi connectivity index (χ3n) is 13.7. The number of phenols is 3. The van der Waals surface area contributed by atoms with Crippen molar-refractivity contribution in [1.82, 2.24) is 0 Å². The molecule has 3 aromatic rings. The summed E-state index contributed by atoms with van der Waals surface area (Å²) >= 11 is 0. The molecule has 6 unspecified atom stereocenters. The Labute approximate surface area is 438 Å². The van der Waals surface area contributed by atoms with Gasteiger partial charge in [-0.25, -0.2) is 0 Å². The summed E-state index contributed by atoms with van der Waals surface area (Å²) in [4.78, 5) is 31.9. The first-order chi connectivity index (χ1) is 32.4. The number of carboxylic acid groups (broad SMARTS) is 3. The standard InChI is InChI=1S/3C17H26O3.C5H12O4.Bi/c3*1-5-11(3)14-9-13(7-8-16(18)19)10-15(17(14)20)12(4)6-2;6-1-5(2-7,3-8)4-9;/h3*9-12,20H,5-8H2,1-4H3,(H,18,19);6-9H,1-4H2;/q;;;;+3/p-3. The van der Waals surface area contributed by atoms with Gasteiger partial charge in [-0.05, 0) is 163 Å². The summed E-state index contributed by atoms with van der Waals surface area (Å²) in [6.45, 7) is 23.4. The molecule has 3 rings (SSSR count). The fraction of sp³-hybridized carbons (Fsp3) is 0.625. The molecule has 0 aliphatic carbocycles. The van der Waals surface area contributed by atoms with Crippen LogP contribution in [0, 0.1) is 5.41 Å². The topological polar surface area (TPSA) is 262 Å². The summed E-state index contributed by atoms with van der Waals surface area (Å²) in [5.74, 6) is -0.373. The molecule has 0 saturated heterocycles. The number of aromatic hydroxyl groups is 3. The van der Waals surface area contributed by atoms with Crippen LogP contribution < -0.4 is 15.3 Å². The van der Waals surface area contributed by atoms with Crippen molar-refractivity contribution in [3.05, 3.63) is 86.5 Å². The number of aliphatic hydroxyl groups excluding tert-OH is 4. The van der Waals surface area contributed by atoms with Gasteiger partial charge in [0.15, 0.2) is 0 Å².